The van der Waals surface area contributed by atoms with Gasteiger partial charge in [-0.2, -0.15) is 0 Å². The minimum absolute atomic E-state index is 0.0648. The van der Waals surface area contributed by atoms with Crippen molar-refractivity contribution in [1.82, 2.24) is 4.98 Å². The third kappa shape index (κ3) is 2.78. The number of fused-ring (bicyclic) bond motifs is 3. The van der Waals surface area contributed by atoms with Crippen LogP contribution < -0.4 is 10.2 Å². The van der Waals surface area contributed by atoms with Gasteiger partial charge in [0.1, 0.15) is 0 Å². The van der Waals surface area contributed by atoms with Crippen molar-refractivity contribution < 1.29 is 9.59 Å². The van der Waals surface area contributed by atoms with E-state index < -0.39 is 11.8 Å². The summed E-state index contributed by atoms with van der Waals surface area (Å²) >= 11 is 1.49. The zero-order chi connectivity index (χ0) is 20.1. The number of carbonyl (C=O) groups is 2. The molecule has 29 heavy (non-hydrogen) atoms. The van der Waals surface area contributed by atoms with Crippen LogP contribution in [0, 0.1) is 12.8 Å². The summed E-state index contributed by atoms with van der Waals surface area (Å²) in [5.41, 5.74) is 3.83. The molecule has 5 rings (SSSR count). The molecule has 2 aliphatic rings. The normalized spacial score (nSPS) is 23.1. The Balaban J connectivity index is 1.65. The van der Waals surface area contributed by atoms with Crippen LogP contribution >= 0.6 is 11.3 Å². The molecule has 0 saturated carbocycles. The second-order valence-electron chi connectivity index (χ2n) is 7.65. The van der Waals surface area contributed by atoms with E-state index in [4.69, 9.17) is 4.98 Å². The predicted molar refractivity (Wildman–Crippen MR) is 114 cm³/mol. The SMILES string of the molecule is CNc1nc2c(s1)[C@H]1C(=O)N(c3ccccc3)C(=O)[C@H]1[C@@H](c1ccc(C)cc1)C2. The molecule has 1 fully saturated rings. The minimum atomic E-state index is -0.475. The Kier molecular flexibility index (Phi) is 4.24. The number of imide groups is 1. The van der Waals surface area contributed by atoms with Crippen LogP contribution in [0.15, 0.2) is 54.6 Å². The van der Waals surface area contributed by atoms with E-state index in [1.165, 1.54) is 21.8 Å². The zero-order valence-corrected chi connectivity index (χ0v) is 17.1. The molecule has 0 radical (unpaired) electrons. The molecule has 0 unspecified atom stereocenters. The number of hydrogen-bond acceptors (Lipinski definition) is 5. The Bertz CT molecular complexity index is 1090. The number of anilines is 2. The highest BCUT2D eigenvalue weighted by atomic mass is 32.1. The summed E-state index contributed by atoms with van der Waals surface area (Å²) in [5, 5.41) is 3.88. The number of para-hydroxylation sites is 1. The first-order chi connectivity index (χ1) is 14.1. The Hall–Kier alpha value is -2.99. The molecule has 3 atom stereocenters. The fraction of sp³-hybridized carbons (Fsp3) is 0.261. The maximum Gasteiger partial charge on any atom is 0.243 e. The van der Waals surface area contributed by atoms with Crippen molar-refractivity contribution in [3.05, 3.63) is 76.3 Å². The number of thiazole rings is 1. The van der Waals surface area contributed by atoms with E-state index in [1.54, 1.807) is 0 Å². The van der Waals surface area contributed by atoms with Gasteiger partial charge in [-0.25, -0.2) is 9.88 Å². The van der Waals surface area contributed by atoms with Gasteiger partial charge < -0.3 is 5.32 Å². The number of rotatable bonds is 3. The maximum absolute atomic E-state index is 13.6. The number of aryl methyl sites for hydroxylation is 1. The molecular formula is C23H21N3O2S. The monoisotopic (exact) mass is 403 g/mol. The van der Waals surface area contributed by atoms with Crippen molar-refractivity contribution in [3.63, 3.8) is 0 Å². The molecule has 0 spiro atoms. The minimum Gasteiger partial charge on any atom is -0.365 e. The van der Waals surface area contributed by atoms with E-state index in [9.17, 15) is 9.59 Å². The molecule has 146 valence electrons. The number of nitrogens with zero attached hydrogens (tertiary/aromatic N) is 2. The summed E-state index contributed by atoms with van der Waals surface area (Å²) in [6.45, 7) is 2.05. The third-order valence-corrected chi connectivity index (χ3v) is 7.14. The number of nitrogens with one attached hydrogen (secondary N) is 1. The van der Waals surface area contributed by atoms with Gasteiger partial charge in [0.05, 0.1) is 23.2 Å². The quantitative estimate of drug-likeness (QED) is 0.669. The van der Waals surface area contributed by atoms with Gasteiger partial charge in [-0.05, 0) is 31.0 Å². The highest BCUT2D eigenvalue weighted by molar-refractivity contribution is 7.16. The number of benzene rings is 2. The topological polar surface area (TPSA) is 62.3 Å². The number of aromatic nitrogens is 1. The van der Waals surface area contributed by atoms with E-state index in [0.29, 0.717) is 12.1 Å². The fourth-order valence-corrected chi connectivity index (χ4v) is 5.63. The van der Waals surface area contributed by atoms with Crippen LogP contribution in [0.2, 0.25) is 0 Å². The Morgan fingerprint density at radius 3 is 2.45 bits per heavy atom. The molecule has 0 bridgehead atoms. The molecule has 1 saturated heterocycles. The van der Waals surface area contributed by atoms with Gasteiger partial charge in [-0.1, -0.05) is 48.0 Å². The van der Waals surface area contributed by atoms with Gasteiger partial charge in [0.2, 0.25) is 11.8 Å². The lowest BCUT2D eigenvalue weighted by atomic mass is 9.72. The summed E-state index contributed by atoms with van der Waals surface area (Å²) in [7, 11) is 1.83. The van der Waals surface area contributed by atoms with E-state index in [2.05, 4.69) is 29.6 Å². The number of hydrogen-bond donors (Lipinski definition) is 1. The maximum atomic E-state index is 13.6. The van der Waals surface area contributed by atoms with Crippen molar-refractivity contribution in [3.8, 4) is 0 Å². The zero-order valence-electron chi connectivity index (χ0n) is 16.3. The van der Waals surface area contributed by atoms with Crippen molar-refractivity contribution in [2.75, 3.05) is 17.3 Å². The van der Waals surface area contributed by atoms with E-state index >= 15 is 0 Å². The Morgan fingerprint density at radius 2 is 1.76 bits per heavy atom. The molecule has 1 aromatic heterocycles. The predicted octanol–water partition coefficient (Wildman–Crippen LogP) is 4.11. The largest absolute Gasteiger partial charge is 0.365 e. The first kappa shape index (κ1) is 18.1. The fourth-order valence-electron chi connectivity index (χ4n) is 4.54. The van der Waals surface area contributed by atoms with Crippen LogP contribution in [0.5, 0.6) is 0 Å². The van der Waals surface area contributed by atoms with Crippen molar-refractivity contribution in [2.24, 2.45) is 5.92 Å². The van der Waals surface area contributed by atoms with E-state index in [0.717, 1.165) is 21.3 Å². The lowest BCUT2D eigenvalue weighted by Crippen LogP contribution is -2.32. The molecule has 3 aromatic rings. The Labute approximate surface area is 173 Å². The molecule has 1 N–H and O–H groups in total. The van der Waals surface area contributed by atoms with Gasteiger partial charge in [-0.15, -0.1) is 11.3 Å². The van der Waals surface area contributed by atoms with Crippen molar-refractivity contribution in [2.45, 2.75) is 25.2 Å². The van der Waals surface area contributed by atoms with Gasteiger partial charge in [-0.3, -0.25) is 9.59 Å². The van der Waals surface area contributed by atoms with Crippen molar-refractivity contribution >= 4 is 34.0 Å². The summed E-state index contributed by atoms with van der Waals surface area (Å²) in [6, 6.07) is 17.5. The molecule has 2 heterocycles. The van der Waals surface area contributed by atoms with Gasteiger partial charge >= 0.3 is 0 Å². The second kappa shape index (κ2) is 6.81. The summed E-state index contributed by atoms with van der Waals surface area (Å²) in [5.74, 6) is -1.19. The lowest BCUT2D eigenvalue weighted by molar-refractivity contribution is -0.122. The van der Waals surface area contributed by atoms with E-state index in [1.807, 2.05) is 44.3 Å². The van der Waals surface area contributed by atoms with Crippen LogP contribution in [0.1, 0.15) is 33.5 Å². The highest BCUT2D eigenvalue weighted by Crippen LogP contribution is 2.52. The molecule has 2 amide bonds. The van der Waals surface area contributed by atoms with Gasteiger partial charge in [0, 0.05) is 17.8 Å². The molecule has 2 aromatic carbocycles. The molecular weight excluding hydrogens is 382 g/mol. The smallest absolute Gasteiger partial charge is 0.243 e. The van der Waals surface area contributed by atoms with Gasteiger partial charge in [0.25, 0.3) is 0 Å². The standard InChI is InChI=1S/C23H21N3O2S/c1-13-8-10-14(11-9-13)16-12-17-20(29-23(24-2)25-17)19-18(16)21(27)26(22(19)28)15-6-4-3-5-7-15/h3-11,16,18-19H,12H2,1-2H3,(H,24,25)/t16-,18+,19+/m1/s1. The molecule has 6 heteroatoms. The second-order valence-corrected chi connectivity index (χ2v) is 8.68. The average Bonchev–Trinajstić information content (AvgIpc) is 3.27. The van der Waals surface area contributed by atoms with Gasteiger partial charge in [0.15, 0.2) is 5.13 Å². The highest BCUT2D eigenvalue weighted by Gasteiger charge is 2.56. The average molecular weight is 404 g/mol. The summed E-state index contributed by atoms with van der Waals surface area (Å²) in [4.78, 5) is 34.1. The first-order valence-electron chi connectivity index (χ1n) is 9.75. The van der Waals surface area contributed by atoms with Crippen LogP contribution in [0.25, 0.3) is 0 Å². The van der Waals surface area contributed by atoms with Crippen LogP contribution in [-0.2, 0) is 16.0 Å². The molecule has 1 aliphatic heterocycles. The number of amides is 2. The lowest BCUT2D eigenvalue weighted by Gasteiger charge is -2.30. The van der Waals surface area contributed by atoms with Crippen LogP contribution in [0.4, 0.5) is 10.8 Å². The first-order valence-corrected chi connectivity index (χ1v) is 10.6. The molecule has 5 nitrogen and oxygen atoms in total. The third-order valence-electron chi connectivity index (χ3n) is 5.94. The van der Waals surface area contributed by atoms with E-state index in [-0.39, 0.29) is 17.7 Å². The van der Waals surface area contributed by atoms with Crippen molar-refractivity contribution in [1.29, 1.82) is 0 Å². The van der Waals surface area contributed by atoms with Crippen LogP contribution in [0.3, 0.4) is 0 Å². The summed E-state index contributed by atoms with van der Waals surface area (Å²) in [6.07, 6.45) is 0.666. The van der Waals surface area contributed by atoms with Crippen LogP contribution in [-0.4, -0.2) is 23.8 Å². The summed E-state index contributed by atoms with van der Waals surface area (Å²) < 4.78 is 0. The Morgan fingerprint density at radius 1 is 1.03 bits per heavy atom. The molecule has 1 aliphatic carbocycles. The number of carbonyl (C=O) groups excluding carboxylic acids is 2.